The van der Waals surface area contributed by atoms with Crippen molar-refractivity contribution in [3.63, 3.8) is 0 Å². The second-order valence-corrected chi connectivity index (χ2v) is 8.30. The quantitative estimate of drug-likeness (QED) is 0.265. The van der Waals surface area contributed by atoms with Crippen molar-refractivity contribution in [3.05, 3.63) is 108 Å². The first-order valence-electron chi connectivity index (χ1n) is 11.3. The molecule has 3 aromatic carbocycles. The van der Waals surface area contributed by atoms with Crippen molar-refractivity contribution in [3.8, 4) is 22.3 Å². The molecule has 0 saturated carbocycles. The van der Waals surface area contributed by atoms with Gasteiger partial charge in [0.15, 0.2) is 0 Å². The van der Waals surface area contributed by atoms with Crippen LogP contribution < -0.4 is 0 Å². The van der Waals surface area contributed by atoms with Crippen LogP contribution in [0.4, 0.5) is 0 Å². The molecule has 0 N–H and O–H groups in total. The van der Waals surface area contributed by atoms with Crippen molar-refractivity contribution in [1.82, 2.24) is 0 Å². The highest BCUT2D eigenvalue weighted by atomic mass is 16.5. The van der Waals surface area contributed by atoms with Gasteiger partial charge in [0, 0.05) is 24.0 Å². The van der Waals surface area contributed by atoms with Crippen LogP contribution in [0.3, 0.4) is 0 Å². The number of ether oxygens (including phenoxy) is 2. The Hall–Kier alpha value is -3.92. The van der Waals surface area contributed by atoms with Gasteiger partial charge in [-0.1, -0.05) is 86.0 Å². The van der Waals surface area contributed by atoms with E-state index in [1.165, 1.54) is 0 Å². The third-order valence-corrected chi connectivity index (χ3v) is 5.40. The van der Waals surface area contributed by atoms with Crippen molar-refractivity contribution < 1.29 is 19.1 Å². The first-order chi connectivity index (χ1) is 16.3. The monoisotopic (exact) mass is 454 g/mol. The van der Waals surface area contributed by atoms with Crippen molar-refractivity contribution in [2.24, 2.45) is 0 Å². The molecule has 3 aromatic rings. The Morgan fingerprint density at radius 2 is 0.824 bits per heavy atom. The minimum Gasteiger partial charge on any atom is -0.462 e. The maximum absolute atomic E-state index is 11.5. The van der Waals surface area contributed by atoms with Gasteiger partial charge in [0.2, 0.25) is 0 Å². The Morgan fingerprint density at radius 1 is 0.559 bits per heavy atom. The fraction of sp³-hybridized carbons (Fsp3) is 0.200. The topological polar surface area (TPSA) is 52.6 Å². The molecule has 0 aliphatic rings. The second-order valence-electron chi connectivity index (χ2n) is 8.30. The molecule has 4 nitrogen and oxygen atoms in total. The molecule has 0 saturated heterocycles. The Balaban J connectivity index is 1.55. The van der Waals surface area contributed by atoms with Gasteiger partial charge >= 0.3 is 11.9 Å². The average molecular weight is 455 g/mol. The van der Waals surface area contributed by atoms with E-state index in [2.05, 4.69) is 86.0 Å². The zero-order valence-electron chi connectivity index (χ0n) is 19.8. The molecule has 4 heteroatoms. The summed E-state index contributed by atoms with van der Waals surface area (Å²) in [6.45, 7) is 11.1. The summed E-state index contributed by atoms with van der Waals surface area (Å²) in [4.78, 5) is 22.9. The van der Waals surface area contributed by atoms with E-state index >= 15 is 0 Å². The van der Waals surface area contributed by atoms with E-state index in [-0.39, 0.29) is 11.9 Å². The van der Waals surface area contributed by atoms with Crippen LogP contribution in [0.25, 0.3) is 22.3 Å². The molecule has 0 atom stereocenters. The number of esters is 2. The lowest BCUT2D eigenvalue weighted by atomic mass is 9.98. The highest BCUT2D eigenvalue weighted by Crippen LogP contribution is 2.25. The molecule has 0 bridgehead atoms. The molecule has 0 unspecified atom stereocenters. The van der Waals surface area contributed by atoms with Crippen molar-refractivity contribution in [2.45, 2.75) is 26.7 Å². The summed E-state index contributed by atoms with van der Waals surface area (Å²) in [7, 11) is 0. The summed E-state index contributed by atoms with van der Waals surface area (Å²) in [5.41, 5.74) is 7.60. The standard InChI is InChI=1S/C30H30O4/c1-21(2)29(31)33-19-17-23-5-9-25(10-6-23)27-13-15-28(16-14-27)26-11-7-24(8-12-26)18-20-34-30(32)22(3)4/h5-16H,1,3,17-20H2,2,4H3. The first-order valence-corrected chi connectivity index (χ1v) is 11.3. The van der Waals surface area contributed by atoms with Crippen LogP contribution in [0.2, 0.25) is 0 Å². The van der Waals surface area contributed by atoms with E-state index in [9.17, 15) is 9.59 Å². The van der Waals surface area contributed by atoms with Crippen molar-refractivity contribution in [1.29, 1.82) is 0 Å². The highest BCUT2D eigenvalue weighted by molar-refractivity contribution is 5.87. The van der Waals surface area contributed by atoms with Gasteiger partial charge in [0.25, 0.3) is 0 Å². The van der Waals surface area contributed by atoms with Gasteiger partial charge in [-0.15, -0.1) is 0 Å². The van der Waals surface area contributed by atoms with Gasteiger partial charge in [-0.2, -0.15) is 0 Å². The molecule has 0 radical (unpaired) electrons. The van der Waals surface area contributed by atoms with Crippen LogP contribution in [-0.4, -0.2) is 25.2 Å². The number of carbonyl (C=O) groups excluding carboxylic acids is 2. The summed E-state index contributed by atoms with van der Waals surface area (Å²) in [5.74, 6) is -0.703. The highest BCUT2D eigenvalue weighted by Gasteiger charge is 2.05. The molecule has 0 spiro atoms. The minimum absolute atomic E-state index is 0.345. The lowest BCUT2D eigenvalue weighted by Gasteiger charge is -2.08. The Labute approximate surface area is 201 Å². The van der Waals surface area contributed by atoms with Crippen LogP contribution in [0.1, 0.15) is 25.0 Å². The van der Waals surface area contributed by atoms with Gasteiger partial charge in [0.1, 0.15) is 0 Å². The van der Waals surface area contributed by atoms with Crippen LogP contribution in [0.5, 0.6) is 0 Å². The minimum atomic E-state index is -0.351. The smallest absolute Gasteiger partial charge is 0.333 e. The summed E-state index contributed by atoms with van der Waals surface area (Å²) >= 11 is 0. The van der Waals surface area contributed by atoms with E-state index in [4.69, 9.17) is 9.47 Å². The largest absolute Gasteiger partial charge is 0.462 e. The van der Waals surface area contributed by atoms with E-state index in [1.807, 2.05) is 0 Å². The first kappa shape index (κ1) is 24.7. The predicted molar refractivity (Wildman–Crippen MR) is 136 cm³/mol. The zero-order chi connectivity index (χ0) is 24.5. The van der Waals surface area contributed by atoms with Gasteiger partial charge in [-0.3, -0.25) is 0 Å². The lowest BCUT2D eigenvalue weighted by molar-refractivity contribution is -0.139. The molecule has 0 fully saturated rings. The Bertz CT molecular complexity index is 1060. The van der Waals surface area contributed by atoms with Gasteiger partial charge in [-0.25, -0.2) is 9.59 Å². The predicted octanol–water partition coefficient (Wildman–Crippen LogP) is 6.34. The van der Waals surface area contributed by atoms with Gasteiger partial charge < -0.3 is 9.47 Å². The lowest BCUT2D eigenvalue weighted by Crippen LogP contribution is -2.07. The van der Waals surface area contributed by atoms with E-state index in [0.717, 1.165) is 33.4 Å². The van der Waals surface area contributed by atoms with Gasteiger partial charge in [0.05, 0.1) is 13.2 Å². The fourth-order valence-electron chi connectivity index (χ4n) is 3.35. The molecule has 0 aromatic heterocycles. The molecule has 0 aliphatic carbocycles. The molecule has 174 valence electrons. The van der Waals surface area contributed by atoms with Crippen LogP contribution >= 0.6 is 0 Å². The van der Waals surface area contributed by atoms with E-state index in [0.29, 0.717) is 37.2 Å². The van der Waals surface area contributed by atoms with Crippen LogP contribution in [0, 0.1) is 0 Å². The third-order valence-electron chi connectivity index (χ3n) is 5.40. The van der Waals surface area contributed by atoms with Crippen LogP contribution in [0.15, 0.2) is 97.1 Å². The summed E-state index contributed by atoms with van der Waals surface area (Å²) in [6.07, 6.45) is 1.34. The molecule has 0 heterocycles. The van der Waals surface area contributed by atoms with Crippen molar-refractivity contribution in [2.75, 3.05) is 13.2 Å². The molecular formula is C30H30O4. The second kappa shape index (κ2) is 11.8. The normalized spacial score (nSPS) is 10.4. The number of benzene rings is 3. The molecule has 0 amide bonds. The number of rotatable bonds is 10. The fourth-order valence-corrected chi connectivity index (χ4v) is 3.35. The number of carbonyl (C=O) groups is 2. The molecular weight excluding hydrogens is 424 g/mol. The summed E-state index contributed by atoms with van der Waals surface area (Å²) in [5, 5.41) is 0. The maximum atomic E-state index is 11.5. The number of hydrogen-bond donors (Lipinski definition) is 0. The van der Waals surface area contributed by atoms with Crippen molar-refractivity contribution >= 4 is 11.9 Å². The summed E-state index contributed by atoms with van der Waals surface area (Å²) < 4.78 is 10.3. The zero-order valence-corrected chi connectivity index (χ0v) is 19.8. The SMILES string of the molecule is C=C(C)C(=O)OCCc1ccc(-c2ccc(-c3ccc(CCOC(=O)C(=C)C)cc3)cc2)cc1. The Morgan fingerprint density at radius 3 is 1.09 bits per heavy atom. The van der Waals surface area contributed by atoms with E-state index < -0.39 is 0 Å². The average Bonchev–Trinajstić information content (AvgIpc) is 2.85. The molecule has 0 aliphatic heterocycles. The van der Waals surface area contributed by atoms with Gasteiger partial charge in [-0.05, 0) is 47.2 Å². The van der Waals surface area contributed by atoms with E-state index in [1.54, 1.807) is 13.8 Å². The third kappa shape index (κ3) is 7.04. The number of hydrogen-bond acceptors (Lipinski definition) is 4. The molecule has 3 rings (SSSR count). The Kier molecular flexibility index (Phi) is 8.58. The molecule has 34 heavy (non-hydrogen) atoms. The maximum Gasteiger partial charge on any atom is 0.333 e. The van der Waals surface area contributed by atoms with Crippen LogP contribution in [-0.2, 0) is 31.9 Å². The summed E-state index contributed by atoms with van der Waals surface area (Å²) in [6, 6.07) is 25.0.